The number of amides is 2. The Kier molecular flexibility index (Phi) is 3.69. The molecule has 0 aliphatic carbocycles. The minimum atomic E-state index is -0.518. The number of benzene rings is 2. The highest BCUT2D eigenvalue weighted by Gasteiger charge is 2.15. The van der Waals surface area contributed by atoms with Gasteiger partial charge in [0.2, 0.25) is 0 Å². The van der Waals surface area contributed by atoms with Gasteiger partial charge in [-0.1, -0.05) is 18.2 Å². The van der Waals surface area contributed by atoms with Crippen molar-refractivity contribution in [1.82, 2.24) is 20.4 Å². The third-order valence-corrected chi connectivity index (χ3v) is 4.26. The number of carbonyl (C=O) groups is 2. The van der Waals surface area contributed by atoms with Gasteiger partial charge in [-0.15, -0.1) is 0 Å². The third-order valence-electron chi connectivity index (χ3n) is 4.26. The molecule has 4 aromatic rings. The molecule has 0 saturated carbocycles. The smallest absolute Gasteiger partial charge is 0.286 e. The summed E-state index contributed by atoms with van der Waals surface area (Å²) in [6, 6.07) is 13.2. The number of carbonyl (C=O) groups excluding carboxylic acids is 2. The monoisotopic (exact) mass is 350 g/mol. The van der Waals surface area contributed by atoms with Crippen molar-refractivity contribution in [2.45, 2.75) is 0 Å². The first-order valence-electron chi connectivity index (χ1n) is 7.96. The van der Waals surface area contributed by atoms with Crippen molar-refractivity contribution < 1.29 is 14.0 Å². The first-order chi connectivity index (χ1) is 12.5. The third kappa shape index (κ3) is 2.69. The average Bonchev–Trinajstić information content (AvgIpc) is 3.21. The van der Waals surface area contributed by atoms with Crippen LogP contribution in [0.3, 0.4) is 0 Å². The lowest BCUT2D eigenvalue weighted by Crippen LogP contribution is -2.41. The first-order valence-corrected chi connectivity index (χ1v) is 7.96. The van der Waals surface area contributed by atoms with E-state index in [1.807, 2.05) is 35.9 Å². The molecule has 0 spiro atoms. The fourth-order valence-electron chi connectivity index (χ4n) is 3.00. The number of nitrogens with one attached hydrogen (secondary N) is 3. The normalized spacial score (nSPS) is 11.0. The molecule has 0 atom stereocenters. The Balaban J connectivity index is 1.52. The maximum absolute atomic E-state index is 13.2. The van der Waals surface area contributed by atoms with Crippen molar-refractivity contribution in [3.63, 3.8) is 0 Å². The van der Waals surface area contributed by atoms with E-state index in [9.17, 15) is 14.0 Å². The van der Waals surface area contributed by atoms with Crippen LogP contribution < -0.4 is 10.9 Å². The van der Waals surface area contributed by atoms with Gasteiger partial charge in [0.25, 0.3) is 11.8 Å². The molecule has 2 amide bonds. The molecule has 130 valence electrons. The first kappa shape index (κ1) is 15.9. The molecule has 0 unspecified atom stereocenters. The lowest BCUT2D eigenvalue weighted by atomic mass is 10.2. The van der Waals surface area contributed by atoms with Gasteiger partial charge in [0.15, 0.2) is 0 Å². The number of halogens is 1. The Morgan fingerprint density at radius 2 is 1.81 bits per heavy atom. The molecule has 4 rings (SSSR count). The van der Waals surface area contributed by atoms with Crippen LogP contribution >= 0.6 is 0 Å². The lowest BCUT2D eigenvalue weighted by molar-refractivity contribution is 0.0845. The highest BCUT2D eigenvalue weighted by molar-refractivity contribution is 6.08. The second-order valence-electron chi connectivity index (χ2n) is 5.99. The topological polar surface area (TPSA) is 78.9 Å². The summed E-state index contributed by atoms with van der Waals surface area (Å²) < 4.78 is 15.1. The number of aromatic amines is 1. The minimum Gasteiger partial charge on any atom is -0.350 e. The molecule has 0 bridgehead atoms. The molecule has 7 heteroatoms. The number of fused-ring (bicyclic) bond motifs is 2. The number of hydrogen-bond donors (Lipinski definition) is 3. The van der Waals surface area contributed by atoms with Crippen LogP contribution in [-0.2, 0) is 7.05 Å². The Labute approximate surface area is 147 Å². The molecule has 0 saturated heterocycles. The summed E-state index contributed by atoms with van der Waals surface area (Å²) >= 11 is 0. The molecular formula is C19H15FN4O2. The summed E-state index contributed by atoms with van der Waals surface area (Å²) in [4.78, 5) is 27.6. The number of aryl methyl sites for hydroxylation is 1. The summed E-state index contributed by atoms with van der Waals surface area (Å²) in [7, 11) is 1.85. The predicted molar refractivity (Wildman–Crippen MR) is 96.1 cm³/mol. The Hall–Kier alpha value is -3.61. The van der Waals surface area contributed by atoms with E-state index in [-0.39, 0.29) is 11.5 Å². The van der Waals surface area contributed by atoms with Crippen molar-refractivity contribution in [3.05, 3.63) is 71.8 Å². The molecule has 2 aromatic heterocycles. The summed E-state index contributed by atoms with van der Waals surface area (Å²) in [6.45, 7) is 0. The average molecular weight is 350 g/mol. The van der Waals surface area contributed by atoms with E-state index in [1.165, 1.54) is 18.2 Å². The SMILES string of the molecule is Cn1cc(C(=O)NNC(=O)c2cc3cc(F)ccc3[nH]2)c2ccccc21. The second-order valence-corrected chi connectivity index (χ2v) is 5.99. The maximum atomic E-state index is 13.2. The van der Waals surface area contributed by atoms with Gasteiger partial charge >= 0.3 is 0 Å². The zero-order valence-electron chi connectivity index (χ0n) is 13.8. The Morgan fingerprint density at radius 3 is 2.65 bits per heavy atom. The number of rotatable bonds is 2. The molecule has 2 heterocycles. The quantitative estimate of drug-likeness (QED) is 0.486. The van der Waals surface area contributed by atoms with Crippen molar-refractivity contribution >= 4 is 33.6 Å². The lowest BCUT2D eigenvalue weighted by Gasteiger charge is -2.05. The number of hydrogen-bond acceptors (Lipinski definition) is 2. The summed E-state index contributed by atoms with van der Waals surface area (Å²) in [6.07, 6.45) is 1.71. The van der Waals surface area contributed by atoms with Crippen molar-refractivity contribution in [3.8, 4) is 0 Å². The number of aromatic nitrogens is 2. The zero-order valence-corrected chi connectivity index (χ0v) is 13.8. The number of hydrazine groups is 1. The molecule has 3 N–H and O–H groups in total. The largest absolute Gasteiger partial charge is 0.350 e. The van der Waals surface area contributed by atoms with Crippen LogP contribution in [0.5, 0.6) is 0 Å². The van der Waals surface area contributed by atoms with Gasteiger partial charge in [-0.05, 0) is 30.3 Å². The molecule has 2 aromatic carbocycles. The van der Waals surface area contributed by atoms with E-state index in [1.54, 1.807) is 12.3 Å². The Morgan fingerprint density at radius 1 is 1.04 bits per heavy atom. The van der Waals surface area contributed by atoms with E-state index < -0.39 is 11.8 Å². The molecular weight excluding hydrogens is 335 g/mol. The van der Waals surface area contributed by atoms with E-state index >= 15 is 0 Å². The van der Waals surface area contributed by atoms with Crippen LogP contribution in [0.4, 0.5) is 4.39 Å². The highest BCUT2D eigenvalue weighted by Crippen LogP contribution is 2.20. The fraction of sp³-hybridized carbons (Fsp3) is 0.0526. The molecule has 0 aliphatic heterocycles. The van der Waals surface area contributed by atoms with Crippen LogP contribution in [-0.4, -0.2) is 21.4 Å². The van der Waals surface area contributed by atoms with Crippen LogP contribution in [0.2, 0.25) is 0 Å². The molecule has 0 fully saturated rings. The molecule has 0 aliphatic rings. The Bertz CT molecular complexity index is 1160. The molecule has 6 nitrogen and oxygen atoms in total. The van der Waals surface area contributed by atoms with Crippen molar-refractivity contribution in [1.29, 1.82) is 0 Å². The van der Waals surface area contributed by atoms with Gasteiger partial charge in [0.1, 0.15) is 11.5 Å². The van der Waals surface area contributed by atoms with Gasteiger partial charge in [0.05, 0.1) is 5.56 Å². The van der Waals surface area contributed by atoms with Crippen molar-refractivity contribution in [2.24, 2.45) is 7.05 Å². The van der Waals surface area contributed by atoms with E-state index in [4.69, 9.17) is 0 Å². The van der Waals surface area contributed by atoms with E-state index in [0.717, 1.165) is 10.9 Å². The summed E-state index contributed by atoms with van der Waals surface area (Å²) in [5.41, 5.74) is 7.03. The summed E-state index contributed by atoms with van der Waals surface area (Å²) in [5.74, 6) is -1.32. The van der Waals surface area contributed by atoms with Crippen LogP contribution in [0.1, 0.15) is 20.8 Å². The van der Waals surface area contributed by atoms with Gasteiger partial charge in [-0.25, -0.2) is 4.39 Å². The van der Waals surface area contributed by atoms with Gasteiger partial charge < -0.3 is 9.55 Å². The number of para-hydroxylation sites is 1. The van der Waals surface area contributed by atoms with Crippen LogP contribution in [0.15, 0.2) is 54.7 Å². The molecule has 26 heavy (non-hydrogen) atoms. The van der Waals surface area contributed by atoms with Crippen LogP contribution in [0, 0.1) is 5.82 Å². The molecule has 0 radical (unpaired) electrons. The second kappa shape index (κ2) is 6.03. The zero-order chi connectivity index (χ0) is 18.3. The number of H-pyrrole nitrogens is 1. The van der Waals surface area contributed by atoms with Gasteiger partial charge in [0, 0.05) is 35.1 Å². The highest BCUT2D eigenvalue weighted by atomic mass is 19.1. The number of nitrogens with zero attached hydrogens (tertiary/aromatic N) is 1. The van der Waals surface area contributed by atoms with Gasteiger partial charge in [-0.2, -0.15) is 0 Å². The summed E-state index contributed by atoms with van der Waals surface area (Å²) in [5, 5.41) is 1.37. The van der Waals surface area contributed by atoms with Crippen LogP contribution in [0.25, 0.3) is 21.8 Å². The van der Waals surface area contributed by atoms with E-state index in [2.05, 4.69) is 15.8 Å². The van der Waals surface area contributed by atoms with Crippen molar-refractivity contribution in [2.75, 3.05) is 0 Å². The predicted octanol–water partition coefficient (Wildman–Crippen LogP) is 2.87. The maximum Gasteiger partial charge on any atom is 0.286 e. The standard InChI is InChI=1S/C19H15FN4O2/c1-24-10-14(13-4-2-3-5-17(13)24)18(25)22-23-19(26)16-9-11-8-12(20)6-7-15(11)21-16/h2-10,21H,1H3,(H,22,25)(H,23,26). The minimum absolute atomic E-state index is 0.226. The van der Waals surface area contributed by atoms with Gasteiger partial charge in [-0.3, -0.25) is 20.4 Å². The van der Waals surface area contributed by atoms with E-state index in [0.29, 0.717) is 16.5 Å². The fourth-order valence-corrected chi connectivity index (χ4v) is 3.00.